The number of hydrogen-bond donors (Lipinski definition) is 1. The first-order valence-corrected chi connectivity index (χ1v) is 10.5. The summed E-state index contributed by atoms with van der Waals surface area (Å²) >= 11 is 1.71. The molecule has 0 saturated carbocycles. The van der Waals surface area contributed by atoms with E-state index in [2.05, 4.69) is 0 Å². The Bertz CT molecular complexity index is 875. The Labute approximate surface area is 162 Å². The van der Waals surface area contributed by atoms with Gasteiger partial charge in [0.1, 0.15) is 0 Å². The lowest BCUT2D eigenvalue weighted by Crippen LogP contribution is -2.47. The smallest absolute Gasteiger partial charge is 0.305 e. The van der Waals surface area contributed by atoms with Crippen LogP contribution < -0.4 is 0 Å². The first kappa shape index (κ1) is 18.1. The Kier molecular flexibility index (Phi) is 4.95. The van der Waals surface area contributed by atoms with Crippen LogP contribution in [0.5, 0.6) is 0 Å². The monoisotopic (exact) mass is 385 g/mol. The van der Waals surface area contributed by atoms with Gasteiger partial charge in [-0.15, -0.1) is 0 Å². The van der Waals surface area contributed by atoms with E-state index in [1.807, 2.05) is 35.9 Å². The van der Waals surface area contributed by atoms with Crippen LogP contribution in [0.3, 0.4) is 0 Å². The average molecular weight is 385 g/mol. The molecule has 0 spiro atoms. The molecule has 2 aliphatic rings. The molecule has 1 aliphatic heterocycles. The van der Waals surface area contributed by atoms with Crippen LogP contribution in [-0.2, 0) is 17.6 Å². The minimum Gasteiger partial charge on any atom is -0.481 e. The molecule has 2 heterocycles. The second kappa shape index (κ2) is 7.38. The molecule has 1 aromatic carbocycles. The molecule has 142 valence electrons. The maximum absolute atomic E-state index is 13.3. The summed E-state index contributed by atoms with van der Waals surface area (Å²) in [6, 6.07) is 7.88. The van der Waals surface area contributed by atoms with E-state index in [-0.39, 0.29) is 18.4 Å². The number of carboxylic acids is 1. The zero-order chi connectivity index (χ0) is 19.0. The van der Waals surface area contributed by atoms with E-state index >= 15 is 0 Å². The first-order valence-electron chi connectivity index (χ1n) is 9.33. The van der Waals surface area contributed by atoms with E-state index in [1.54, 1.807) is 16.7 Å². The Balaban J connectivity index is 1.69. The van der Waals surface area contributed by atoms with Gasteiger partial charge in [0.15, 0.2) is 5.69 Å². The maximum atomic E-state index is 13.3. The zero-order valence-electron chi connectivity index (χ0n) is 15.4. The van der Waals surface area contributed by atoms with E-state index in [1.165, 1.54) is 5.56 Å². The van der Waals surface area contributed by atoms with E-state index in [0.29, 0.717) is 18.0 Å². The fourth-order valence-corrected chi connectivity index (χ4v) is 5.00. The van der Waals surface area contributed by atoms with Crippen LogP contribution in [0.1, 0.15) is 40.2 Å². The number of benzene rings is 1. The van der Waals surface area contributed by atoms with Crippen LogP contribution in [0.15, 0.2) is 24.3 Å². The van der Waals surface area contributed by atoms with Gasteiger partial charge >= 0.3 is 5.97 Å². The maximum Gasteiger partial charge on any atom is 0.305 e. The number of nitrogens with zero attached hydrogens (tertiary/aromatic N) is 3. The molecule has 2 aromatic rings. The Morgan fingerprint density at radius 2 is 2.04 bits per heavy atom. The van der Waals surface area contributed by atoms with E-state index < -0.39 is 5.97 Å². The predicted molar refractivity (Wildman–Crippen MR) is 105 cm³/mol. The Morgan fingerprint density at radius 3 is 2.78 bits per heavy atom. The number of hydrogen-bond acceptors (Lipinski definition) is 4. The lowest BCUT2D eigenvalue weighted by atomic mass is 10.1. The number of aliphatic carboxylic acids is 1. The highest BCUT2D eigenvalue weighted by molar-refractivity contribution is 7.99. The molecule has 1 N–H and O–H groups in total. The summed E-state index contributed by atoms with van der Waals surface area (Å²) < 4.78 is 1.90. The van der Waals surface area contributed by atoms with E-state index in [9.17, 15) is 14.7 Å². The molecule has 27 heavy (non-hydrogen) atoms. The molecule has 6 nitrogen and oxygen atoms in total. The SMILES string of the molecule is Cc1ccc(-n2nc(C(=O)N3CCSCC3CC(=O)O)c3c2CCC3)cc1. The van der Waals surface area contributed by atoms with Crippen molar-refractivity contribution < 1.29 is 14.7 Å². The molecule has 1 aliphatic carbocycles. The summed E-state index contributed by atoms with van der Waals surface area (Å²) in [6.07, 6.45) is 2.78. The first-order chi connectivity index (χ1) is 13.0. The van der Waals surface area contributed by atoms with Gasteiger partial charge in [0.25, 0.3) is 5.91 Å². The van der Waals surface area contributed by atoms with Crippen LogP contribution in [0, 0.1) is 6.92 Å². The molecular weight excluding hydrogens is 362 g/mol. The summed E-state index contributed by atoms with van der Waals surface area (Å²) in [7, 11) is 0. The van der Waals surface area contributed by atoms with Crippen LogP contribution in [0.2, 0.25) is 0 Å². The number of carbonyl (C=O) groups excluding carboxylic acids is 1. The number of carbonyl (C=O) groups is 2. The van der Waals surface area contributed by atoms with Crippen LogP contribution in [0.25, 0.3) is 5.69 Å². The van der Waals surface area contributed by atoms with Gasteiger partial charge in [0.2, 0.25) is 0 Å². The highest BCUT2D eigenvalue weighted by Gasteiger charge is 2.34. The minimum absolute atomic E-state index is 0.0143. The molecule has 1 amide bonds. The quantitative estimate of drug-likeness (QED) is 0.876. The fourth-order valence-electron chi connectivity index (χ4n) is 3.94. The summed E-state index contributed by atoms with van der Waals surface area (Å²) in [4.78, 5) is 26.2. The average Bonchev–Trinajstić information content (AvgIpc) is 3.24. The molecule has 1 atom stereocenters. The van der Waals surface area contributed by atoms with Crippen LogP contribution in [0.4, 0.5) is 0 Å². The number of aromatic nitrogens is 2. The van der Waals surface area contributed by atoms with Crippen molar-refractivity contribution >= 4 is 23.6 Å². The van der Waals surface area contributed by atoms with Gasteiger partial charge in [-0.05, 0) is 38.3 Å². The standard InChI is InChI=1S/C20H23N3O3S/c1-13-5-7-14(8-6-13)23-17-4-2-3-16(17)19(21-23)20(26)22-9-10-27-12-15(22)11-18(24)25/h5-8,15H,2-4,9-12H2,1H3,(H,24,25). The molecule has 4 rings (SSSR count). The number of amides is 1. The summed E-state index contributed by atoms with van der Waals surface area (Å²) in [5.74, 6) is 0.517. The van der Waals surface area contributed by atoms with Crippen molar-refractivity contribution in [1.29, 1.82) is 0 Å². The van der Waals surface area contributed by atoms with Gasteiger partial charge < -0.3 is 10.0 Å². The lowest BCUT2D eigenvalue weighted by Gasteiger charge is -2.34. The number of rotatable bonds is 4. The topological polar surface area (TPSA) is 75.4 Å². The second-order valence-corrected chi connectivity index (χ2v) is 8.35. The van der Waals surface area contributed by atoms with Gasteiger partial charge in [-0.1, -0.05) is 17.7 Å². The summed E-state index contributed by atoms with van der Waals surface area (Å²) in [6.45, 7) is 2.62. The van der Waals surface area contributed by atoms with Crippen molar-refractivity contribution in [3.63, 3.8) is 0 Å². The number of carboxylic acid groups (broad SMARTS) is 1. The van der Waals surface area contributed by atoms with E-state index in [4.69, 9.17) is 5.10 Å². The van der Waals surface area contributed by atoms with E-state index in [0.717, 1.165) is 42.0 Å². The molecular formula is C20H23N3O3S. The lowest BCUT2D eigenvalue weighted by molar-refractivity contribution is -0.138. The fraction of sp³-hybridized carbons (Fsp3) is 0.450. The Hall–Kier alpha value is -2.28. The summed E-state index contributed by atoms with van der Waals surface area (Å²) in [5.41, 5.74) is 4.80. The van der Waals surface area contributed by atoms with Crippen molar-refractivity contribution in [3.05, 3.63) is 46.8 Å². The second-order valence-electron chi connectivity index (χ2n) is 7.20. The van der Waals surface area contributed by atoms with Crippen molar-refractivity contribution in [2.75, 3.05) is 18.1 Å². The molecule has 1 aromatic heterocycles. The number of thioether (sulfide) groups is 1. The molecule has 7 heteroatoms. The van der Waals surface area contributed by atoms with Gasteiger partial charge in [-0.2, -0.15) is 16.9 Å². The highest BCUT2D eigenvalue weighted by Crippen LogP contribution is 2.30. The Morgan fingerprint density at radius 1 is 1.26 bits per heavy atom. The van der Waals surface area contributed by atoms with Crippen molar-refractivity contribution in [2.45, 2.75) is 38.6 Å². The van der Waals surface area contributed by atoms with Crippen LogP contribution in [-0.4, -0.2) is 55.8 Å². The molecule has 1 unspecified atom stereocenters. The minimum atomic E-state index is -0.865. The zero-order valence-corrected chi connectivity index (χ0v) is 16.2. The third-order valence-electron chi connectivity index (χ3n) is 5.31. The van der Waals surface area contributed by atoms with Gasteiger partial charge in [0.05, 0.1) is 18.2 Å². The molecule has 0 radical (unpaired) electrons. The largest absolute Gasteiger partial charge is 0.481 e. The van der Waals surface area contributed by atoms with Gasteiger partial charge in [-0.3, -0.25) is 9.59 Å². The molecule has 1 fully saturated rings. The third-order valence-corrected chi connectivity index (χ3v) is 6.40. The van der Waals surface area contributed by atoms with Gasteiger partial charge in [0, 0.05) is 29.3 Å². The van der Waals surface area contributed by atoms with Gasteiger partial charge in [-0.25, -0.2) is 4.68 Å². The van der Waals surface area contributed by atoms with Crippen LogP contribution >= 0.6 is 11.8 Å². The highest BCUT2D eigenvalue weighted by atomic mass is 32.2. The molecule has 0 bridgehead atoms. The third kappa shape index (κ3) is 3.48. The van der Waals surface area contributed by atoms with Crippen molar-refractivity contribution in [2.24, 2.45) is 0 Å². The van der Waals surface area contributed by atoms with Crippen molar-refractivity contribution in [3.8, 4) is 5.69 Å². The molecule has 1 saturated heterocycles. The predicted octanol–water partition coefficient (Wildman–Crippen LogP) is 2.70. The normalized spacial score (nSPS) is 19.1. The number of aryl methyl sites for hydroxylation is 1. The summed E-state index contributed by atoms with van der Waals surface area (Å²) in [5, 5.41) is 13.9. The van der Waals surface area contributed by atoms with Crippen molar-refractivity contribution in [1.82, 2.24) is 14.7 Å². The number of fused-ring (bicyclic) bond motifs is 1.